The maximum Gasteiger partial charge on any atom is 0.417 e. The first-order valence-corrected chi connectivity index (χ1v) is 4.87. The quantitative estimate of drug-likeness (QED) is 0.804. The maximum atomic E-state index is 12.7. The number of aliphatic carboxylic acids is 1. The minimum absolute atomic E-state index is 0.0830. The molecule has 1 N–H and O–H groups in total. The number of carboxylic acid groups (broad SMARTS) is 1. The summed E-state index contributed by atoms with van der Waals surface area (Å²) < 4.78 is 42.8. The first-order chi connectivity index (χ1) is 7.31. The Labute approximate surface area is 91.0 Å². The molecule has 1 aliphatic heterocycles. The minimum atomic E-state index is -4.41. The number of carbonyl (C=O) groups is 1. The molecule has 1 aliphatic rings. The third kappa shape index (κ3) is 2.65. The van der Waals surface area contributed by atoms with Crippen LogP contribution in [0.5, 0.6) is 0 Å². The van der Waals surface area contributed by atoms with Crippen LogP contribution in [0.3, 0.4) is 0 Å². The lowest BCUT2D eigenvalue weighted by Gasteiger charge is -2.41. The summed E-state index contributed by atoms with van der Waals surface area (Å²) in [5, 5.41) is 8.52. The smallest absolute Gasteiger partial charge is 0.417 e. The van der Waals surface area contributed by atoms with E-state index in [2.05, 4.69) is 4.74 Å². The van der Waals surface area contributed by atoms with E-state index < -0.39 is 17.7 Å². The lowest BCUT2D eigenvalue weighted by Crippen LogP contribution is -2.55. The molecule has 1 saturated heterocycles. The molecule has 0 saturated carbocycles. The molecule has 0 aromatic heterocycles. The van der Waals surface area contributed by atoms with E-state index in [-0.39, 0.29) is 32.5 Å². The highest BCUT2D eigenvalue weighted by atomic mass is 19.4. The highest BCUT2D eigenvalue weighted by Gasteiger charge is 2.56. The van der Waals surface area contributed by atoms with Crippen LogP contribution in [-0.2, 0) is 9.53 Å². The number of carboxylic acids is 1. The molecule has 0 aliphatic carbocycles. The van der Waals surface area contributed by atoms with Gasteiger partial charge in [-0.3, -0.25) is 9.69 Å². The largest absolute Gasteiger partial charge is 0.480 e. The molecule has 7 heteroatoms. The standard InChI is InChI=1S/C9H14F3NO3/c1-16-8(9(10,11)12)2-4-13(5-3-8)6-7(14)15/h2-6H2,1H3,(H,14,15). The number of alkyl halides is 3. The molecule has 0 amide bonds. The van der Waals surface area contributed by atoms with Gasteiger partial charge in [0.1, 0.15) is 0 Å². The van der Waals surface area contributed by atoms with Crippen LogP contribution in [0.25, 0.3) is 0 Å². The Morgan fingerprint density at radius 2 is 1.94 bits per heavy atom. The van der Waals surface area contributed by atoms with E-state index in [0.29, 0.717) is 0 Å². The van der Waals surface area contributed by atoms with Crippen molar-refractivity contribution in [1.29, 1.82) is 0 Å². The van der Waals surface area contributed by atoms with Crippen LogP contribution in [-0.4, -0.2) is 54.5 Å². The molecule has 0 spiro atoms. The fourth-order valence-corrected chi connectivity index (χ4v) is 1.87. The van der Waals surface area contributed by atoms with Crippen LogP contribution < -0.4 is 0 Å². The number of piperidine rings is 1. The van der Waals surface area contributed by atoms with Crippen LogP contribution in [0.4, 0.5) is 13.2 Å². The molecule has 0 unspecified atom stereocenters. The first kappa shape index (κ1) is 13.2. The van der Waals surface area contributed by atoms with E-state index in [1.54, 1.807) is 0 Å². The number of nitrogens with zero attached hydrogens (tertiary/aromatic N) is 1. The number of hydrogen-bond acceptors (Lipinski definition) is 3. The topological polar surface area (TPSA) is 49.8 Å². The third-order valence-corrected chi connectivity index (χ3v) is 2.93. The van der Waals surface area contributed by atoms with E-state index in [9.17, 15) is 18.0 Å². The van der Waals surface area contributed by atoms with Crippen molar-refractivity contribution in [1.82, 2.24) is 4.90 Å². The molecule has 4 nitrogen and oxygen atoms in total. The summed E-state index contributed by atoms with van der Waals surface area (Å²) in [5.41, 5.74) is -2.11. The number of hydrogen-bond donors (Lipinski definition) is 1. The maximum absolute atomic E-state index is 12.7. The minimum Gasteiger partial charge on any atom is -0.480 e. The van der Waals surface area contributed by atoms with Crippen molar-refractivity contribution in [2.75, 3.05) is 26.7 Å². The van der Waals surface area contributed by atoms with Gasteiger partial charge >= 0.3 is 12.1 Å². The monoisotopic (exact) mass is 241 g/mol. The Hall–Kier alpha value is -0.820. The Balaban J connectivity index is 2.61. The SMILES string of the molecule is COC1(C(F)(F)F)CCN(CC(=O)O)CC1. The molecule has 0 bridgehead atoms. The van der Waals surface area contributed by atoms with Crippen LogP contribution in [0.2, 0.25) is 0 Å². The van der Waals surface area contributed by atoms with Gasteiger partial charge in [-0.15, -0.1) is 0 Å². The van der Waals surface area contributed by atoms with Gasteiger partial charge in [0.25, 0.3) is 0 Å². The molecule has 0 atom stereocenters. The summed E-state index contributed by atoms with van der Waals surface area (Å²) in [6.45, 7) is -0.0586. The van der Waals surface area contributed by atoms with Crippen molar-refractivity contribution in [2.45, 2.75) is 24.6 Å². The fraction of sp³-hybridized carbons (Fsp3) is 0.889. The highest BCUT2D eigenvalue weighted by Crippen LogP contribution is 2.40. The van der Waals surface area contributed by atoms with Gasteiger partial charge < -0.3 is 9.84 Å². The van der Waals surface area contributed by atoms with Crippen molar-refractivity contribution in [2.24, 2.45) is 0 Å². The van der Waals surface area contributed by atoms with Crippen molar-refractivity contribution < 1.29 is 27.8 Å². The summed E-state index contributed by atoms with van der Waals surface area (Å²) >= 11 is 0. The van der Waals surface area contributed by atoms with Crippen molar-refractivity contribution >= 4 is 5.97 Å². The molecule has 0 aromatic rings. The fourth-order valence-electron chi connectivity index (χ4n) is 1.87. The zero-order valence-corrected chi connectivity index (χ0v) is 8.88. The van der Waals surface area contributed by atoms with Gasteiger partial charge in [-0.05, 0) is 12.8 Å². The first-order valence-electron chi connectivity index (χ1n) is 4.87. The average Bonchev–Trinajstić information content (AvgIpc) is 2.16. The summed E-state index contributed by atoms with van der Waals surface area (Å²) in [6, 6.07) is 0. The predicted molar refractivity (Wildman–Crippen MR) is 49.1 cm³/mol. The number of ether oxygens (including phenoxy) is 1. The lowest BCUT2D eigenvalue weighted by molar-refractivity contribution is -0.282. The van der Waals surface area contributed by atoms with Gasteiger partial charge in [0.05, 0.1) is 6.54 Å². The van der Waals surface area contributed by atoms with Crippen LogP contribution in [0.1, 0.15) is 12.8 Å². The number of likely N-dealkylation sites (tertiary alicyclic amines) is 1. The molecule has 1 rings (SSSR count). The molecule has 94 valence electrons. The van der Waals surface area contributed by atoms with E-state index in [0.717, 1.165) is 7.11 Å². The zero-order chi connectivity index (χ0) is 12.4. The normalized spacial score (nSPS) is 22.0. The van der Waals surface area contributed by atoms with Crippen LogP contribution >= 0.6 is 0 Å². The van der Waals surface area contributed by atoms with Gasteiger partial charge in [0.2, 0.25) is 0 Å². The van der Waals surface area contributed by atoms with E-state index >= 15 is 0 Å². The summed E-state index contributed by atoms with van der Waals surface area (Å²) in [6.07, 6.45) is -4.85. The second-order valence-electron chi connectivity index (χ2n) is 3.87. The van der Waals surface area contributed by atoms with Gasteiger partial charge in [-0.25, -0.2) is 0 Å². The molecule has 1 fully saturated rings. The zero-order valence-electron chi connectivity index (χ0n) is 8.88. The molecule has 16 heavy (non-hydrogen) atoms. The number of rotatable bonds is 3. The lowest BCUT2D eigenvalue weighted by atomic mass is 9.90. The van der Waals surface area contributed by atoms with Gasteiger partial charge in [-0.1, -0.05) is 0 Å². The highest BCUT2D eigenvalue weighted by molar-refractivity contribution is 5.69. The average molecular weight is 241 g/mol. The van der Waals surface area contributed by atoms with Crippen LogP contribution in [0.15, 0.2) is 0 Å². The molecule has 1 heterocycles. The van der Waals surface area contributed by atoms with Gasteiger partial charge in [-0.2, -0.15) is 13.2 Å². The van der Waals surface area contributed by atoms with Crippen molar-refractivity contribution in [3.63, 3.8) is 0 Å². The Bertz CT molecular complexity index is 259. The summed E-state index contributed by atoms with van der Waals surface area (Å²) in [5.74, 6) is -1.03. The number of methoxy groups -OCH3 is 1. The van der Waals surface area contributed by atoms with E-state index in [1.165, 1.54) is 4.90 Å². The van der Waals surface area contributed by atoms with Gasteiger partial charge in [0, 0.05) is 20.2 Å². The van der Waals surface area contributed by atoms with Crippen LogP contribution in [0, 0.1) is 0 Å². The molecule has 0 aromatic carbocycles. The van der Waals surface area contributed by atoms with E-state index in [1.807, 2.05) is 0 Å². The Kier molecular flexibility index (Phi) is 3.80. The summed E-state index contributed by atoms with van der Waals surface area (Å²) in [4.78, 5) is 11.9. The van der Waals surface area contributed by atoms with Crippen molar-refractivity contribution in [3.05, 3.63) is 0 Å². The Morgan fingerprint density at radius 3 is 2.25 bits per heavy atom. The van der Waals surface area contributed by atoms with E-state index in [4.69, 9.17) is 5.11 Å². The predicted octanol–water partition coefficient (Wildman–Crippen LogP) is 1.11. The van der Waals surface area contributed by atoms with Gasteiger partial charge in [0.15, 0.2) is 5.60 Å². The number of halogens is 3. The van der Waals surface area contributed by atoms with Crippen molar-refractivity contribution in [3.8, 4) is 0 Å². The second kappa shape index (κ2) is 4.58. The Morgan fingerprint density at radius 1 is 1.44 bits per heavy atom. The summed E-state index contributed by atoms with van der Waals surface area (Å²) in [7, 11) is 1.04. The molecular weight excluding hydrogens is 227 g/mol. The molecule has 0 radical (unpaired) electrons. The molecular formula is C9H14F3NO3. The third-order valence-electron chi connectivity index (χ3n) is 2.93. The second-order valence-corrected chi connectivity index (χ2v) is 3.87.